The van der Waals surface area contributed by atoms with Crippen LogP contribution in [0.25, 0.3) is 0 Å². The minimum atomic E-state index is -3.82. The summed E-state index contributed by atoms with van der Waals surface area (Å²) in [7, 11) is -3.82. The van der Waals surface area contributed by atoms with Crippen molar-refractivity contribution in [1.29, 1.82) is 0 Å². The predicted octanol–water partition coefficient (Wildman–Crippen LogP) is 0.873. The van der Waals surface area contributed by atoms with Crippen LogP contribution in [0.15, 0.2) is 29.6 Å². The highest BCUT2D eigenvalue weighted by molar-refractivity contribution is 7.92. The van der Waals surface area contributed by atoms with Crippen LogP contribution in [0.4, 0.5) is 5.82 Å². The van der Waals surface area contributed by atoms with E-state index in [1.807, 2.05) is 6.92 Å². The molecule has 2 aromatic heterocycles. The van der Waals surface area contributed by atoms with Crippen molar-refractivity contribution in [2.75, 3.05) is 4.72 Å². The summed E-state index contributed by atoms with van der Waals surface area (Å²) in [6.07, 6.45) is 3.20. The number of hydrogen-bond donors (Lipinski definition) is 3. The molecule has 0 aliphatic carbocycles. The molecule has 0 spiro atoms. The third-order valence-electron chi connectivity index (χ3n) is 2.25. The Morgan fingerprint density at radius 3 is 2.83 bits per heavy atom. The number of hydrogen-bond acceptors (Lipinski definition) is 5. The van der Waals surface area contributed by atoms with Gasteiger partial charge in [-0.3, -0.25) is 4.72 Å². The smallest absolute Gasteiger partial charge is 0.280 e. The quantitative estimate of drug-likeness (QED) is 0.762. The monoisotopic (exact) mass is 268 g/mol. The summed E-state index contributed by atoms with van der Waals surface area (Å²) in [5.74, 6) is 0.210. The van der Waals surface area contributed by atoms with Crippen LogP contribution in [0.1, 0.15) is 12.7 Å². The average Bonchev–Trinajstić information content (AvgIpc) is 2.81. The van der Waals surface area contributed by atoms with Crippen LogP contribution in [0.3, 0.4) is 0 Å². The Balaban J connectivity index is 2.30. The van der Waals surface area contributed by atoms with E-state index in [4.69, 9.17) is 0 Å². The molecule has 0 unspecified atom stereocenters. The molecular formula is C10H12N4O3S. The van der Waals surface area contributed by atoms with E-state index in [0.717, 1.165) is 0 Å². The second-order valence-corrected chi connectivity index (χ2v) is 5.18. The summed E-state index contributed by atoms with van der Waals surface area (Å²) in [4.78, 5) is 10.3. The number of nitrogens with one attached hydrogen (secondary N) is 2. The lowest BCUT2D eigenvalue weighted by molar-refractivity contribution is 0.475. The summed E-state index contributed by atoms with van der Waals surface area (Å²) in [5, 5.41) is 9.39. The zero-order valence-corrected chi connectivity index (χ0v) is 10.4. The Labute approximate surface area is 104 Å². The number of H-pyrrole nitrogens is 1. The van der Waals surface area contributed by atoms with E-state index in [1.165, 1.54) is 24.5 Å². The Hall–Kier alpha value is -2.09. The lowest BCUT2D eigenvalue weighted by atomic mass is 10.4. The van der Waals surface area contributed by atoms with Crippen LogP contribution in [-0.4, -0.2) is 28.5 Å². The first kappa shape index (κ1) is 12.4. The Morgan fingerprint density at radius 2 is 2.22 bits per heavy atom. The van der Waals surface area contributed by atoms with Gasteiger partial charge in [0.2, 0.25) is 0 Å². The number of nitrogens with zero attached hydrogens (tertiary/aromatic N) is 2. The summed E-state index contributed by atoms with van der Waals surface area (Å²) >= 11 is 0. The summed E-state index contributed by atoms with van der Waals surface area (Å²) in [5.41, 5.74) is 0. The fourth-order valence-corrected chi connectivity index (χ4v) is 2.28. The van der Waals surface area contributed by atoms with Crippen molar-refractivity contribution in [3.8, 4) is 5.75 Å². The molecule has 96 valence electrons. The van der Waals surface area contributed by atoms with E-state index >= 15 is 0 Å². The van der Waals surface area contributed by atoms with Gasteiger partial charge in [0.25, 0.3) is 10.0 Å². The van der Waals surface area contributed by atoms with Gasteiger partial charge in [-0.15, -0.1) is 0 Å². The maximum atomic E-state index is 11.9. The number of aromatic nitrogens is 3. The molecule has 0 radical (unpaired) electrons. The molecule has 0 saturated carbocycles. The SMILES string of the molecule is CCc1ncc(S(=O)(=O)Nc2ncccc2O)[nH]1. The van der Waals surface area contributed by atoms with Crippen molar-refractivity contribution in [3.63, 3.8) is 0 Å². The average molecular weight is 268 g/mol. The van der Waals surface area contributed by atoms with Crippen LogP contribution in [-0.2, 0) is 16.4 Å². The van der Waals surface area contributed by atoms with Crippen LogP contribution in [0.2, 0.25) is 0 Å². The van der Waals surface area contributed by atoms with E-state index in [2.05, 4.69) is 19.7 Å². The van der Waals surface area contributed by atoms with Gasteiger partial charge in [0.15, 0.2) is 16.6 Å². The van der Waals surface area contributed by atoms with Crippen molar-refractivity contribution in [2.45, 2.75) is 18.4 Å². The van der Waals surface area contributed by atoms with Gasteiger partial charge in [-0.1, -0.05) is 6.92 Å². The van der Waals surface area contributed by atoms with Crippen molar-refractivity contribution in [1.82, 2.24) is 15.0 Å². The zero-order valence-electron chi connectivity index (χ0n) is 9.58. The third-order valence-corrected chi connectivity index (χ3v) is 3.50. The van der Waals surface area contributed by atoms with E-state index < -0.39 is 10.0 Å². The van der Waals surface area contributed by atoms with E-state index in [9.17, 15) is 13.5 Å². The number of aromatic amines is 1. The van der Waals surface area contributed by atoms with E-state index in [-0.39, 0.29) is 16.6 Å². The first-order valence-electron chi connectivity index (χ1n) is 5.23. The van der Waals surface area contributed by atoms with Crippen molar-refractivity contribution in [3.05, 3.63) is 30.4 Å². The van der Waals surface area contributed by atoms with Crippen molar-refractivity contribution >= 4 is 15.8 Å². The second kappa shape index (κ2) is 4.65. The normalized spacial score (nSPS) is 11.4. The van der Waals surface area contributed by atoms with E-state index in [0.29, 0.717) is 12.2 Å². The summed E-state index contributed by atoms with van der Waals surface area (Å²) in [6, 6.07) is 2.84. The lowest BCUT2D eigenvalue weighted by Gasteiger charge is -2.06. The van der Waals surface area contributed by atoms with Gasteiger partial charge in [0.1, 0.15) is 5.82 Å². The number of rotatable bonds is 4. The number of imidazole rings is 1. The molecule has 18 heavy (non-hydrogen) atoms. The second-order valence-electron chi connectivity index (χ2n) is 3.52. The van der Waals surface area contributed by atoms with E-state index in [1.54, 1.807) is 0 Å². The van der Waals surface area contributed by atoms with Gasteiger partial charge in [0, 0.05) is 12.6 Å². The van der Waals surface area contributed by atoms with Gasteiger partial charge < -0.3 is 10.1 Å². The highest BCUT2D eigenvalue weighted by atomic mass is 32.2. The molecule has 0 bridgehead atoms. The topological polar surface area (TPSA) is 108 Å². The van der Waals surface area contributed by atoms with Crippen LogP contribution >= 0.6 is 0 Å². The molecule has 0 atom stereocenters. The number of aromatic hydroxyl groups is 1. The summed E-state index contributed by atoms with van der Waals surface area (Å²) in [6.45, 7) is 1.85. The Kier molecular flexibility index (Phi) is 3.19. The Morgan fingerprint density at radius 1 is 1.44 bits per heavy atom. The molecule has 2 heterocycles. The van der Waals surface area contributed by atoms with Gasteiger partial charge >= 0.3 is 0 Å². The van der Waals surface area contributed by atoms with Crippen LogP contribution in [0.5, 0.6) is 5.75 Å². The van der Waals surface area contributed by atoms with Crippen molar-refractivity contribution in [2.24, 2.45) is 0 Å². The number of sulfonamides is 1. The van der Waals surface area contributed by atoms with Gasteiger partial charge in [-0.05, 0) is 12.1 Å². The van der Waals surface area contributed by atoms with Crippen molar-refractivity contribution < 1.29 is 13.5 Å². The number of anilines is 1. The largest absolute Gasteiger partial charge is 0.504 e. The molecule has 0 aromatic carbocycles. The first-order valence-corrected chi connectivity index (χ1v) is 6.72. The molecule has 8 heteroatoms. The molecule has 0 amide bonds. The summed E-state index contributed by atoms with van der Waals surface area (Å²) < 4.78 is 26.1. The minimum Gasteiger partial charge on any atom is -0.504 e. The highest BCUT2D eigenvalue weighted by Gasteiger charge is 2.19. The highest BCUT2D eigenvalue weighted by Crippen LogP contribution is 2.21. The predicted molar refractivity (Wildman–Crippen MR) is 64.7 cm³/mol. The van der Waals surface area contributed by atoms with Gasteiger partial charge in [-0.25, -0.2) is 9.97 Å². The van der Waals surface area contributed by atoms with Gasteiger partial charge in [-0.2, -0.15) is 8.42 Å². The van der Waals surface area contributed by atoms with Gasteiger partial charge in [0.05, 0.1) is 6.20 Å². The molecule has 0 fully saturated rings. The van der Waals surface area contributed by atoms with Crippen LogP contribution in [0, 0.1) is 0 Å². The fourth-order valence-electron chi connectivity index (χ4n) is 1.32. The molecule has 7 nitrogen and oxygen atoms in total. The minimum absolute atomic E-state index is 0.0654. The molecule has 2 aromatic rings. The molecule has 0 saturated heterocycles. The van der Waals surface area contributed by atoms with Crippen LogP contribution < -0.4 is 4.72 Å². The maximum absolute atomic E-state index is 11.9. The maximum Gasteiger partial charge on any atom is 0.280 e. The fraction of sp³-hybridized carbons (Fsp3) is 0.200. The molecule has 0 aliphatic rings. The number of aryl methyl sites for hydroxylation is 1. The molecular weight excluding hydrogens is 256 g/mol. The molecule has 0 aliphatic heterocycles. The molecule has 2 rings (SSSR count). The standard InChI is InChI=1S/C10H12N4O3S/c1-2-8-12-6-9(13-8)18(16,17)14-10-7(15)4-3-5-11-10/h3-6,15H,2H2,1H3,(H,11,14)(H,12,13). The number of pyridine rings is 1. The first-order chi connectivity index (χ1) is 8.53. The lowest BCUT2D eigenvalue weighted by Crippen LogP contribution is -2.14. The Bertz CT molecular complexity index is 651. The molecule has 3 N–H and O–H groups in total. The third kappa shape index (κ3) is 2.43. The zero-order chi connectivity index (χ0) is 13.2.